The van der Waals surface area contributed by atoms with E-state index in [4.69, 9.17) is 4.74 Å². The third-order valence-electron chi connectivity index (χ3n) is 13.0. The Morgan fingerprint density at radius 3 is 1.26 bits per heavy atom. The summed E-state index contributed by atoms with van der Waals surface area (Å²) in [5, 5.41) is 0. The molecule has 13 heteroatoms. The molecule has 0 aromatic heterocycles. The summed E-state index contributed by atoms with van der Waals surface area (Å²) < 4.78 is 5.96. The molecule has 4 aliphatic heterocycles. The molecule has 0 saturated heterocycles. The maximum atomic E-state index is 5.96. The van der Waals surface area contributed by atoms with E-state index in [-0.39, 0.29) is 11.0 Å². The Hall–Kier alpha value is -4.40. The van der Waals surface area contributed by atoms with Gasteiger partial charge in [-0.05, 0) is 154 Å². The number of hydrogen-bond donors (Lipinski definition) is 12. The minimum Gasteiger partial charge on any atom is -0.376 e. The summed E-state index contributed by atoms with van der Waals surface area (Å²) in [7, 11) is 0. The largest absolute Gasteiger partial charge is 0.376 e. The highest BCUT2D eigenvalue weighted by molar-refractivity contribution is 5.92. The van der Waals surface area contributed by atoms with Crippen LogP contribution in [0, 0.1) is 58.2 Å². The molecule has 8 aliphatic rings. The summed E-state index contributed by atoms with van der Waals surface area (Å²) in [6.07, 6.45) is 15.8. The lowest BCUT2D eigenvalue weighted by Crippen LogP contribution is -2.32. The third-order valence-corrected chi connectivity index (χ3v) is 13.0. The van der Waals surface area contributed by atoms with Crippen molar-refractivity contribution < 1.29 is 4.74 Å². The third kappa shape index (κ3) is 30.6. The first kappa shape index (κ1) is 72.7. The van der Waals surface area contributed by atoms with E-state index in [0.717, 1.165) is 65.8 Å². The molecule has 13 nitrogen and oxygen atoms in total. The summed E-state index contributed by atoms with van der Waals surface area (Å²) in [5.41, 5.74) is 52.0. The molecule has 3 unspecified atom stereocenters. The Morgan fingerprint density at radius 2 is 0.864 bits per heavy atom. The number of fused-ring (bicyclic) bond motifs is 5. The number of hydrazine groups is 8. The van der Waals surface area contributed by atoms with Crippen LogP contribution in [0.25, 0.3) is 11.4 Å². The molecule has 0 bridgehead atoms. The zero-order valence-corrected chi connectivity index (χ0v) is 56.3. The van der Waals surface area contributed by atoms with Gasteiger partial charge < -0.3 is 48.1 Å². The molecule has 2 aromatic rings. The fraction of sp³-hybridized carbons (Fsp3) is 0.706. The molecule has 0 spiro atoms. The van der Waals surface area contributed by atoms with Crippen molar-refractivity contribution in [2.45, 2.75) is 248 Å². The first-order chi connectivity index (χ1) is 37.8. The van der Waals surface area contributed by atoms with Gasteiger partial charge in [0.15, 0.2) is 0 Å². The first-order valence-electron chi connectivity index (χ1n) is 31.6. The summed E-state index contributed by atoms with van der Waals surface area (Å²) in [5.74, 6) is 6.96. The van der Waals surface area contributed by atoms with Crippen LogP contribution in [0.3, 0.4) is 0 Å². The maximum Gasteiger partial charge on any atom is 0.0832 e. The van der Waals surface area contributed by atoms with Gasteiger partial charge in [0.1, 0.15) is 0 Å². The van der Waals surface area contributed by atoms with Crippen molar-refractivity contribution >= 4 is 11.4 Å². The highest BCUT2D eigenvalue weighted by Crippen LogP contribution is 2.54. The lowest BCUT2D eigenvalue weighted by Gasteiger charge is -2.34. The Bertz CT molecular complexity index is 2120. The second kappa shape index (κ2) is 36.3. The van der Waals surface area contributed by atoms with Crippen LogP contribution in [-0.2, 0) is 11.2 Å². The van der Waals surface area contributed by atoms with Crippen LogP contribution in [-0.4, -0.2) is 12.2 Å². The Labute approximate surface area is 498 Å². The number of nitrogens with one attached hydrogen (secondary N) is 12. The molecule has 3 atom stereocenters. The Balaban J connectivity index is 0.000000343. The van der Waals surface area contributed by atoms with Crippen molar-refractivity contribution in [2.24, 2.45) is 58.2 Å². The number of allylic oxidation sites excluding steroid dienone is 5. The van der Waals surface area contributed by atoms with Crippen LogP contribution >= 0.6 is 0 Å². The highest BCUT2D eigenvalue weighted by atomic mass is 16.5. The molecule has 4 aliphatic carbocycles. The van der Waals surface area contributed by atoms with Crippen molar-refractivity contribution in [3.63, 3.8) is 0 Å². The molecule has 1 saturated carbocycles. The van der Waals surface area contributed by atoms with Gasteiger partial charge in [-0.15, -0.1) is 5.53 Å². The fourth-order valence-electron chi connectivity index (χ4n) is 9.40. The molecule has 10 rings (SSSR count). The topological polar surface area (TPSA) is 154 Å². The van der Waals surface area contributed by atoms with Crippen LogP contribution in [0.15, 0.2) is 83.2 Å². The minimum absolute atomic E-state index is 0.00487. The lowest BCUT2D eigenvalue weighted by molar-refractivity contribution is -0.0122. The van der Waals surface area contributed by atoms with Crippen molar-refractivity contribution in [2.75, 3.05) is 6.61 Å². The van der Waals surface area contributed by atoms with E-state index in [1.54, 1.807) is 0 Å². The van der Waals surface area contributed by atoms with E-state index < -0.39 is 0 Å². The van der Waals surface area contributed by atoms with E-state index >= 15 is 0 Å². The molecule has 2 aromatic carbocycles. The van der Waals surface area contributed by atoms with Gasteiger partial charge in [-0.3, -0.25) is 0 Å². The van der Waals surface area contributed by atoms with E-state index in [9.17, 15) is 0 Å². The van der Waals surface area contributed by atoms with Crippen molar-refractivity contribution in [1.82, 2.24) is 65.5 Å². The molecule has 0 radical (unpaired) electrons. The van der Waals surface area contributed by atoms with Gasteiger partial charge in [0.25, 0.3) is 0 Å². The van der Waals surface area contributed by atoms with E-state index in [1.165, 1.54) is 115 Å². The molecule has 12 N–H and O–H groups in total. The first-order valence-corrected chi connectivity index (χ1v) is 31.6. The molecule has 4 heterocycles. The monoisotopic (exact) mass is 1130 g/mol. The number of hydrogen-bond acceptors (Lipinski definition) is 13. The second-order valence-corrected chi connectivity index (χ2v) is 29.6. The summed E-state index contributed by atoms with van der Waals surface area (Å²) in [6, 6.07) is 17.5. The van der Waals surface area contributed by atoms with Gasteiger partial charge in [0, 0.05) is 45.8 Å². The summed E-state index contributed by atoms with van der Waals surface area (Å²) in [6.45, 7) is 53.4. The predicted octanol–water partition coefficient (Wildman–Crippen LogP) is 15.8. The van der Waals surface area contributed by atoms with Crippen molar-refractivity contribution in [3.05, 3.63) is 105 Å². The number of ether oxygens (including phenoxy) is 1. The van der Waals surface area contributed by atoms with Gasteiger partial charge >= 0.3 is 0 Å². The van der Waals surface area contributed by atoms with E-state index in [0.29, 0.717) is 17.3 Å². The van der Waals surface area contributed by atoms with Gasteiger partial charge in [0.2, 0.25) is 0 Å². The van der Waals surface area contributed by atoms with Crippen LogP contribution in [0.5, 0.6) is 0 Å². The highest BCUT2D eigenvalue weighted by Gasteiger charge is 2.50. The smallest absolute Gasteiger partial charge is 0.0832 e. The molecular formula is C68H126N12O. The van der Waals surface area contributed by atoms with Crippen LogP contribution < -0.4 is 65.5 Å². The number of benzene rings is 2. The lowest BCUT2D eigenvalue weighted by atomic mass is 9.70. The van der Waals surface area contributed by atoms with Gasteiger partial charge in [-0.2, -0.15) is 16.6 Å². The molecule has 0 amide bonds. The Kier molecular flexibility index (Phi) is 32.6. The summed E-state index contributed by atoms with van der Waals surface area (Å²) >= 11 is 0. The average Bonchev–Trinajstić information content (AvgIpc) is 4.01. The standard InChI is InChI=1S/C20H23N3.C14H25N3O.C8H15N3.C5H11N3.C5H12.4C4H10/c1-20(2,3)17-12-13-8-4-5-9-14(13)18-19(22-23-21-18)16-11-7-6-10-15(16)17;1-14(2,3)18-8-11-9-4-6-12-13(16-17-15-12)7-5-10(9)11;1-2-4-6-8-7(5-3-1)9-11-10-8;1-4(2)5-3-6-8-7-5;1-5(2,3)4;4*1-4(2)3/h4-11,17,21-23H,12H2,1-3H3;9-11,15-17H,4-8H2,1-3H3;9-11H,1-6H2;3-4,6-8H,1-2H3;1-4H3;4*4H,1-3H3. The zero-order valence-electron chi connectivity index (χ0n) is 56.3. The van der Waals surface area contributed by atoms with Crippen LogP contribution in [0.1, 0.15) is 259 Å². The molecule has 464 valence electrons. The Morgan fingerprint density at radius 1 is 0.469 bits per heavy atom. The molecule has 1 fully saturated rings. The van der Waals surface area contributed by atoms with Crippen LogP contribution in [0.2, 0.25) is 0 Å². The maximum absolute atomic E-state index is 5.96. The van der Waals surface area contributed by atoms with Gasteiger partial charge in [-0.25, -0.2) is 0 Å². The number of rotatable bonds is 3. The van der Waals surface area contributed by atoms with E-state index in [2.05, 4.69) is 280 Å². The van der Waals surface area contributed by atoms with Gasteiger partial charge in [0.05, 0.1) is 23.6 Å². The summed E-state index contributed by atoms with van der Waals surface area (Å²) in [4.78, 5) is 0. The van der Waals surface area contributed by atoms with Gasteiger partial charge in [-0.1, -0.05) is 207 Å². The fourth-order valence-corrected chi connectivity index (χ4v) is 9.40. The van der Waals surface area contributed by atoms with Crippen LogP contribution in [0.4, 0.5) is 0 Å². The quantitative estimate of drug-likeness (QED) is 0.141. The zero-order chi connectivity index (χ0) is 61.1. The van der Waals surface area contributed by atoms with Crippen molar-refractivity contribution in [3.8, 4) is 0 Å². The van der Waals surface area contributed by atoms with Crippen molar-refractivity contribution in [1.29, 1.82) is 0 Å². The van der Waals surface area contributed by atoms with E-state index in [1.807, 2.05) is 6.20 Å². The molecular weight excluding hydrogens is 1000 g/mol. The normalized spacial score (nSPS) is 21.0. The minimum atomic E-state index is 0.00487. The predicted molar refractivity (Wildman–Crippen MR) is 350 cm³/mol. The average molecular weight is 1130 g/mol. The molecule has 81 heavy (non-hydrogen) atoms. The second-order valence-electron chi connectivity index (χ2n) is 29.6. The SMILES string of the molecule is C1CCCC2=C(CC1)NNN2.CC(C)(C)C.CC(C)(C)C1Cc2ccccc2C2=C(NNN2)c2ccccc21.CC(C)(C)OCC1C2CCC3=C(CCC21)NNN3.CC(C)C.CC(C)C.CC(C)C.CC(C)C.CC(C)C1=CNNN1.